The highest BCUT2D eigenvalue weighted by atomic mass is 16.6. The molecule has 4 heteroatoms. The van der Waals surface area contributed by atoms with Crippen LogP contribution in [0.3, 0.4) is 0 Å². The highest BCUT2D eigenvalue weighted by Crippen LogP contribution is 2.41. The molecule has 0 aromatic carbocycles. The van der Waals surface area contributed by atoms with Crippen LogP contribution in [0.15, 0.2) is 0 Å². The quantitative estimate of drug-likeness (QED) is 0.667. The lowest BCUT2D eigenvalue weighted by Gasteiger charge is -2.51. The van der Waals surface area contributed by atoms with Gasteiger partial charge in [-0.15, -0.1) is 0 Å². The molecule has 2 aliphatic rings. The van der Waals surface area contributed by atoms with Crippen LogP contribution in [0.25, 0.3) is 0 Å². The standard InChI is InChI=1S/C14H28N2O2/c1-9(2)10-11(17)15-14(18-10)7-12(3,4)16-13(5,6)8-14/h9-11,15-17H,7-8H2,1-6H3. The summed E-state index contributed by atoms with van der Waals surface area (Å²) >= 11 is 0. The van der Waals surface area contributed by atoms with E-state index >= 15 is 0 Å². The van der Waals surface area contributed by atoms with Crippen molar-refractivity contribution >= 4 is 0 Å². The van der Waals surface area contributed by atoms with Gasteiger partial charge in [-0.2, -0.15) is 0 Å². The Hall–Kier alpha value is -0.160. The molecule has 0 aliphatic carbocycles. The molecule has 3 N–H and O–H groups in total. The third-order valence-electron chi connectivity index (χ3n) is 3.87. The Labute approximate surface area is 110 Å². The van der Waals surface area contributed by atoms with E-state index in [1.807, 2.05) is 0 Å². The first-order chi connectivity index (χ1) is 8.04. The number of aliphatic hydroxyl groups is 1. The van der Waals surface area contributed by atoms with Gasteiger partial charge >= 0.3 is 0 Å². The molecule has 2 rings (SSSR count). The van der Waals surface area contributed by atoms with Crippen LogP contribution in [0.5, 0.6) is 0 Å². The van der Waals surface area contributed by atoms with Gasteiger partial charge in [-0.25, -0.2) is 0 Å². The Balaban J connectivity index is 2.22. The zero-order valence-corrected chi connectivity index (χ0v) is 12.5. The molecule has 2 fully saturated rings. The second-order valence-corrected chi connectivity index (χ2v) is 7.66. The predicted octanol–water partition coefficient (Wildman–Crippen LogP) is 1.59. The van der Waals surface area contributed by atoms with Crippen LogP contribution in [0.2, 0.25) is 0 Å². The molecule has 0 amide bonds. The topological polar surface area (TPSA) is 53.5 Å². The van der Waals surface area contributed by atoms with Gasteiger partial charge in [0.1, 0.15) is 18.1 Å². The fourth-order valence-electron chi connectivity index (χ4n) is 3.89. The summed E-state index contributed by atoms with van der Waals surface area (Å²) in [6.45, 7) is 12.9. The van der Waals surface area contributed by atoms with E-state index in [2.05, 4.69) is 52.2 Å². The molecule has 2 heterocycles. The molecule has 0 bridgehead atoms. The second kappa shape index (κ2) is 4.17. The van der Waals surface area contributed by atoms with E-state index < -0.39 is 12.0 Å². The number of rotatable bonds is 1. The normalized spacial score (nSPS) is 37.3. The van der Waals surface area contributed by atoms with Crippen molar-refractivity contribution in [3.63, 3.8) is 0 Å². The van der Waals surface area contributed by atoms with Crippen molar-refractivity contribution in [3.8, 4) is 0 Å². The first-order valence-corrected chi connectivity index (χ1v) is 6.97. The summed E-state index contributed by atoms with van der Waals surface area (Å²) in [6, 6.07) is 0. The lowest BCUT2D eigenvalue weighted by molar-refractivity contribution is -0.123. The number of aliphatic hydroxyl groups excluding tert-OH is 1. The zero-order valence-electron chi connectivity index (χ0n) is 12.5. The van der Waals surface area contributed by atoms with Gasteiger partial charge in [0.15, 0.2) is 0 Å². The summed E-state index contributed by atoms with van der Waals surface area (Å²) in [5.41, 5.74) is -0.396. The molecule has 2 atom stereocenters. The van der Waals surface area contributed by atoms with E-state index in [1.165, 1.54) is 0 Å². The highest BCUT2D eigenvalue weighted by Gasteiger charge is 2.54. The van der Waals surface area contributed by atoms with E-state index in [0.29, 0.717) is 5.92 Å². The molecule has 1 spiro atoms. The summed E-state index contributed by atoms with van der Waals surface area (Å²) in [4.78, 5) is 0. The van der Waals surface area contributed by atoms with Crippen LogP contribution >= 0.6 is 0 Å². The molecular formula is C14H28N2O2. The average molecular weight is 256 g/mol. The van der Waals surface area contributed by atoms with E-state index in [-0.39, 0.29) is 17.2 Å². The van der Waals surface area contributed by atoms with Crippen LogP contribution in [0, 0.1) is 5.92 Å². The Morgan fingerprint density at radius 2 is 1.61 bits per heavy atom. The molecule has 18 heavy (non-hydrogen) atoms. The van der Waals surface area contributed by atoms with Gasteiger partial charge < -0.3 is 15.2 Å². The molecule has 2 saturated heterocycles. The Morgan fingerprint density at radius 3 is 2.00 bits per heavy atom. The molecule has 0 saturated carbocycles. The summed E-state index contributed by atoms with van der Waals surface area (Å²) in [5, 5.41) is 17.1. The van der Waals surface area contributed by atoms with Crippen molar-refractivity contribution in [1.29, 1.82) is 0 Å². The Kier molecular flexibility index (Phi) is 3.30. The number of piperidine rings is 1. The van der Waals surface area contributed by atoms with Gasteiger partial charge in [-0.1, -0.05) is 13.8 Å². The SMILES string of the molecule is CC(C)C1OC2(CC(C)(C)NC(C)(C)C2)NC1O. The van der Waals surface area contributed by atoms with Crippen molar-refractivity contribution in [2.75, 3.05) is 0 Å². The van der Waals surface area contributed by atoms with Gasteiger partial charge in [-0.05, 0) is 33.6 Å². The maximum absolute atomic E-state index is 10.2. The maximum Gasteiger partial charge on any atom is 0.133 e. The summed E-state index contributed by atoms with van der Waals surface area (Å²) in [5.74, 6) is 0.313. The first-order valence-electron chi connectivity index (χ1n) is 6.97. The van der Waals surface area contributed by atoms with E-state index in [4.69, 9.17) is 4.74 Å². The maximum atomic E-state index is 10.2. The molecule has 4 nitrogen and oxygen atoms in total. The summed E-state index contributed by atoms with van der Waals surface area (Å²) < 4.78 is 6.23. The third kappa shape index (κ3) is 2.72. The van der Waals surface area contributed by atoms with Gasteiger partial charge in [-0.3, -0.25) is 5.32 Å². The number of hydrogen-bond acceptors (Lipinski definition) is 4. The van der Waals surface area contributed by atoms with E-state index in [0.717, 1.165) is 12.8 Å². The monoisotopic (exact) mass is 256 g/mol. The smallest absolute Gasteiger partial charge is 0.133 e. The van der Waals surface area contributed by atoms with E-state index in [1.54, 1.807) is 0 Å². The molecule has 2 unspecified atom stereocenters. The largest absolute Gasteiger partial charge is 0.376 e. The van der Waals surface area contributed by atoms with Crippen molar-refractivity contribution < 1.29 is 9.84 Å². The van der Waals surface area contributed by atoms with Crippen molar-refractivity contribution in [1.82, 2.24) is 10.6 Å². The molecule has 0 radical (unpaired) electrons. The number of hydrogen-bond donors (Lipinski definition) is 3. The molecule has 2 aliphatic heterocycles. The Bertz CT molecular complexity index is 310. The van der Waals surface area contributed by atoms with Crippen LogP contribution in [-0.2, 0) is 4.74 Å². The molecule has 0 aromatic rings. The van der Waals surface area contributed by atoms with Gasteiger partial charge in [0.2, 0.25) is 0 Å². The van der Waals surface area contributed by atoms with Crippen LogP contribution in [-0.4, -0.2) is 34.2 Å². The van der Waals surface area contributed by atoms with Crippen molar-refractivity contribution in [2.45, 2.75) is 83.5 Å². The number of ether oxygens (including phenoxy) is 1. The zero-order chi connectivity index (χ0) is 13.8. The lowest BCUT2D eigenvalue weighted by atomic mass is 9.77. The summed E-state index contributed by atoms with van der Waals surface area (Å²) in [6.07, 6.45) is 1.05. The lowest BCUT2D eigenvalue weighted by Crippen LogP contribution is -2.66. The minimum atomic E-state index is -0.560. The average Bonchev–Trinajstić information content (AvgIpc) is 2.35. The predicted molar refractivity (Wildman–Crippen MR) is 72.1 cm³/mol. The van der Waals surface area contributed by atoms with Crippen LogP contribution < -0.4 is 10.6 Å². The van der Waals surface area contributed by atoms with E-state index in [9.17, 15) is 5.11 Å². The van der Waals surface area contributed by atoms with Crippen molar-refractivity contribution in [3.05, 3.63) is 0 Å². The molecule has 106 valence electrons. The minimum absolute atomic E-state index is 0.000337. The molecule has 0 aromatic heterocycles. The Morgan fingerprint density at radius 1 is 1.11 bits per heavy atom. The fourth-order valence-corrected chi connectivity index (χ4v) is 3.89. The van der Waals surface area contributed by atoms with Gasteiger partial charge in [0, 0.05) is 23.9 Å². The van der Waals surface area contributed by atoms with Crippen molar-refractivity contribution in [2.24, 2.45) is 5.92 Å². The van der Waals surface area contributed by atoms with Crippen LogP contribution in [0.1, 0.15) is 54.4 Å². The van der Waals surface area contributed by atoms with Gasteiger partial charge in [0.05, 0.1) is 0 Å². The van der Waals surface area contributed by atoms with Gasteiger partial charge in [0.25, 0.3) is 0 Å². The fraction of sp³-hybridized carbons (Fsp3) is 1.00. The minimum Gasteiger partial charge on any atom is -0.376 e. The first kappa shape index (κ1) is 14.3. The molecular weight excluding hydrogens is 228 g/mol. The third-order valence-corrected chi connectivity index (χ3v) is 3.87. The summed E-state index contributed by atoms with van der Waals surface area (Å²) in [7, 11) is 0. The second-order valence-electron chi connectivity index (χ2n) is 7.66. The van der Waals surface area contributed by atoms with Crippen LogP contribution in [0.4, 0.5) is 0 Å². The number of nitrogens with one attached hydrogen (secondary N) is 2. The highest BCUT2D eigenvalue weighted by molar-refractivity contribution is 5.07.